The van der Waals surface area contributed by atoms with Gasteiger partial charge in [-0.2, -0.15) is 0 Å². The number of nitrogens with zero attached hydrogens (tertiary/aromatic N) is 1. The van der Waals surface area contributed by atoms with E-state index in [-0.39, 0.29) is 18.0 Å². The van der Waals surface area contributed by atoms with Crippen LogP contribution in [0.1, 0.15) is 28.1 Å². The fraction of sp³-hybridized carbons (Fsp3) is 0.200. The number of rotatable bonds is 3. The van der Waals surface area contributed by atoms with Gasteiger partial charge < -0.3 is 14.4 Å². The van der Waals surface area contributed by atoms with Crippen LogP contribution in [-0.4, -0.2) is 17.0 Å². The highest BCUT2D eigenvalue weighted by molar-refractivity contribution is 5.96. The molecule has 1 amide bonds. The van der Waals surface area contributed by atoms with E-state index >= 15 is 0 Å². The van der Waals surface area contributed by atoms with Crippen molar-refractivity contribution in [3.8, 4) is 0 Å². The van der Waals surface area contributed by atoms with Crippen molar-refractivity contribution in [1.82, 2.24) is 0 Å². The van der Waals surface area contributed by atoms with Gasteiger partial charge in [0.25, 0.3) is 0 Å². The number of hydrogen-bond acceptors (Lipinski definition) is 3. The van der Waals surface area contributed by atoms with Crippen LogP contribution in [0.25, 0.3) is 0 Å². The van der Waals surface area contributed by atoms with Crippen LogP contribution >= 0.6 is 0 Å². The number of anilines is 1. The summed E-state index contributed by atoms with van der Waals surface area (Å²) < 4.78 is 18.6. The van der Waals surface area contributed by atoms with E-state index in [0.717, 1.165) is 11.8 Å². The summed E-state index contributed by atoms with van der Waals surface area (Å²) in [7, 11) is 0. The fourth-order valence-electron chi connectivity index (χ4n) is 2.42. The lowest BCUT2D eigenvalue weighted by molar-refractivity contribution is -0.119. The molecule has 0 saturated carbocycles. The van der Waals surface area contributed by atoms with Crippen LogP contribution in [0.15, 0.2) is 34.9 Å². The van der Waals surface area contributed by atoms with E-state index in [9.17, 15) is 14.0 Å². The molecule has 21 heavy (non-hydrogen) atoms. The predicted molar refractivity (Wildman–Crippen MR) is 71.6 cm³/mol. The zero-order valence-corrected chi connectivity index (χ0v) is 11.0. The third-order valence-corrected chi connectivity index (χ3v) is 3.46. The van der Waals surface area contributed by atoms with Crippen LogP contribution in [0.5, 0.6) is 0 Å². The maximum atomic E-state index is 13.4. The molecule has 1 aliphatic rings. The Balaban J connectivity index is 1.92. The second kappa shape index (κ2) is 5.05. The number of aromatic carboxylic acids is 1. The van der Waals surface area contributed by atoms with Crippen molar-refractivity contribution < 1.29 is 23.5 Å². The number of amides is 1. The molecule has 0 atom stereocenters. The van der Waals surface area contributed by atoms with E-state index in [4.69, 9.17) is 9.52 Å². The maximum Gasteiger partial charge on any atom is 0.338 e. The Hall–Kier alpha value is -2.63. The minimum absolute atomic E-state index is 0.0222. The molecular formula is C15H12FNO4. The van der Waals surface area contributed by atoms with E-state index in [0.29, 0.717) is 24.3 Å². The number of aryl methyl sites for hydroxylation is 1. The molecule has 0 spiro atoms. The van der Waals surface area contributed by atoms with E-state index in [1.807, 2.05) is 0 Å². The summed E-state index contributed by atoms with van der Waals surface area (Å²) in [5.41, 5.74) is 1.43. The molecule has 0 unspecified atom stereocenters. The summed E-state index contributed by atoms with van der Waals surface area (Å²) in [6.45, 7) is 0.0859. The molecule has 0 saturated heterocycles. The number of hydrogen-bond donors (Lipinski definition) is 1. The number of halogens is 1. The van der Waals surface area contributed by atoms with Gasteiger partial charge in [-0.1, -0.05) is 6.07 Å². The second-order valence-corrected chi connectivity index (χ2v) is 4.86. The highest BCUT2D eigenvalue weighted by atomic mass is 19.1. The van der Waals surface area contributed by atoms with Gasteiger partial charge >= 0.3 is 5.97 Å². The van der Waals surface area contributed by atoms with E-state index < -0.39 is 11.8 Å². The summed E-state index contributed by atoms with van der Waals surface area (Å²) in [4.78, 5) is 24.3. The van der Waals surface area contributed by atoms with E-state index in [1.165, 1.54) is 23.1 Å². The van der Waals surface area contributed by atoms with Gasteiger partial charge in [0.15, 0.2) is 0 Å². The van der Waals surface area contributed by atoms with Gasteiger partial charge in [-0.05, 0) is 30.2 Å². The molecule has 2 heterocycles. The molecule has 1 aliphatic heterocycles. The number of carboxylic acid groups (broad SMARTS) is 1. The first-order valence-electron chi connectivity index (χ1n) is 6.44. The van der Waals surface area contributed by atoms with E-state index in [1.54, 1.807) is 6.07 Å². The number of carbonyl (C=O) groups excluding carboxylic acids is 1. The van der Waals surface area contributed by atoms with E-state index in [2.05, 4.69) is 0 Å². The molecule has 0 radical (unpaired) electrons. The van der Waals surface area contributed by atoms with Gasteiger partial charge in [0.05, 0.1) is 17.8 Å². The molecule has 3 rings (SSSR count). The fourth-order valence-corrected chi connectivity index (χ4v) is 2.42. The zero-order chi connectivity index (χ0) is 15.0. The second-order valence-electron chi connectivity index (χ2n) is 4.86. The van der Waals surface area contributed by atoms with Crippen molar-refractivity contribution in [3.05, 3.63) is 53.2 Å². The van der Waals surface area contributed by atoms with Crippen molar-refractivity contribution >= 4 is 17.6 Å². The minimum Gasteiger partial charge on any atom is -0.478 e. The van der Waals surface area contributed by atoms with Crippen LogP contribution in [0, 0.1) is 5.82 Å². The quantitative estimate of drug-likeness (QED) is 0.942. The van der Waals surface area contributed by atoms with Gasteiger partial charge in [-0.25, -0.2) is 9.18 Å². The molecule has 6 heteroatoms. The van der Waals surface area contributed by atoms with Crippen LogP contribution < -0.4 is 4.90 Å². The Bertz CT molecular complexity index is 722. The lowest BCUT2D eigenvalue weighted by atomic mass is 10.0. The molecule has 1 aromatic carbocycles. The monoisotopic (exact) mass is 289 g/mol. The standard InChI is InChI=1S/C15H12FNO4/c16-11-3-1-9-2-4-14(18)17(13(9)6-11)7-12-5-10(8-21-12)15(19)20/h1,3,5-6,8H,2,4,7H2,(H,19,20). The van der Waals surface area contributed by atoms with Crippen LogP contribution in [0.4, 0.5) is 10.1 Å². The molecule has 0 bridgehead atoms. The molecule has 0 aliphatic carbocycles. The molecule has 2 aromatic rings. The maximum absolute atomic E-state index is 13.4. The summed E-state index contributed by atoms with van der Waals surface area (Å²) in [5.74, 6) is -1.31. The highest BCUT2D eigenvalue weighted by Crippen LogP contribution is 2.30. The summed E-state index contributed by atoms with van der Waals surface area (Å²) >= 11 is 0. The highest BCUT2D eigenvalue weighted by Gasteiger charge is 2.25. The van der Waals surface area contributed by atoms with Gasteiger partial charge in [0, 0.05) is 6.42 Å². The molecule has 1 N–H and O–H groups in total. The predicted octanol–water partition coefficient (Wildman–Crippen LogP) is 2.60. The van der Waals surface area contributed by atoms with Crippen LogP contribution in [-0.2, 0) is 17.8 Å². The first-order chi connectivity index (χ1) is 10.0. The largest absolute Gasteiger partial charge is 0.478 e. The lowest BCUT2D eigenvalue weighted by Gasteiger charge is -2.28. The molecular weight excluding hydrogens is 277 g/mol. The Kier molecular flexibility index (Phi) is 3.21. The van der Waals surface area contributed by atoms with Gasteiger partial charge in [0.2, 0.25) is 5.91 Å². The number of carboxylic acids is 1. The van der Waals surface area contributed by atoms with Gasteiger partial charge in [-0.3, -0.25) is 4.79 Å². The average molecular weight is 289 g/mol. The lowest BCUT2D eigenvalue weighted by Crippen LogP contribution is -2.34. The number of carbonyl (C=O) groups is 2. The van der Waals surface area contributed by atoms with Crippen molar-refractivity contribution in [2.24, 2.45) is 0 Å². The topological polar surface area (TPSA) is 70.8 Å². The first-order valence-corrected chi connectivity index (χ1v) is 6.44. The van der Waals surface area contributed by atoms with Crippen molar-refractivity contribution in [2.75, 3.05) is 4.90 Å². The molecule has 108 valence electrons. The SMILES string of the molecule is O=C(O)c1coc(CN2C(=O)CCc3ccc(F)cc32)c1. The van der Waals surface area contributed by atoms with Crippen molar-refractivity contribution in [1.29, 1.82) is 0 Å². The number of fused-ring (bicyclic) bond motifs is 1. The Morgan fingerprint density at radius 2 is 2.14 bits per heavy atom. The Morgan fingerprint density at radius 1 is 1.33 bits per heavy atom. The first kappa shape index (κ1) is 13.4. The summed E-state index contributed by atoms with van der Waals surface area (Å²) in [5, 5.41) is 8.86. The van der Waals surface area contributed by atoms with Crippen LogP contribution in [0.2, 0.25) is 0 Å². The average Bonchev–Trinajstić information content (AvgIpc) is 2.91. The molecule has 0 fully saturated rings. The summed E-state index contributed by atoms with van der Waals surface area (Å²) in [6.07, 6.45) is 2.03. The minimum atomic E-state index is -1.10. The van der Waals surface area contributed by atoms with Crippen LogP contribution in [0.3, 0.4) is 0 Å². The summed E-state index contributed by atoms with van der Waals surface area (Å²) in [6, 6.07) is 5.70. The zero-order valence-electron chi connectivity index (χ0n) is 11.0. The van der Waals surface area contributed by atoms with Gasteiger partial charge in [0.1, 0.15) is 17.8 Å². The number of furan rings is 1. The van der Waals surface area contributed by atoms with Gasteiger partial charge in [-0.15, -0.1) is 0 Å². The smallest absolute Gasteiger partial charge is 0.338 e. The molecule has 1 aromatic heterocycles. The molecule has 5 nitrogen and oxygen atoms in total. The van der Waals surface area contributed by atoms with Crippen molar-refractivity contribution in [3.63, 3.8) is 0 Å². The third-order valence-electron chi connectivity index (χ3n) is 3.46. The normalized spacial score (nSPS) is 14.1. The Labute approximate surface area is 119 Å². The Morgan fingerprint density at radius 3 is 2.86 bits per heavy atom. The number of benzene rings is 1. The third kappa shape index (κ3) is 2.52. The van der Waals surface area contributed by atoms with Crippen molar-refractivity contribution in [2.45, 2.75) is 19.4 Å².